The highest BCUT2D eigenvalue weighted by Crippen LogP contribution is 2.37. The molecule has 1 unspecified atom stereocenters. The van der Waals surface area contributed by atoms with Crippen LogP contribution in [0.5, 0.6) is 5.75 Å². The van der Waals surface area contributed by atoms with Crippen LogP contribution in [0.3, 0.4) is 0 Å². The fourth-order valence-corrected chi connectivity index (χ4v) is 6.59. The third-order valence-corrected chi connectivity index (χ3v) is 8.37. The molecular formula is C20H22OSi. The van der Waals surface area contributed by atoms with Gasteiger partial charge < -0.3 is 4.74 Å². The van der Waals surface area contributed by atoms with E-state index in [1.54, 1.807) is 6.08 Å². The Morgan fingerprint density at radius 3 is 2.64 bits per heavy atom. The molecular weight excluding hydrogens is 284 g/mol. The predicted molar refractivity (Wildman–Crippen MR) is 97.5 cm³/mol. The van der Waals surface area contributed by atoms with Crippen LogP contribution in [0, 0.1) is 0 Å². The van der Waals surface area contributed by atoms with Gasteiger partial charge in [-0.3, -0.25) is 0 Å². The fourth-order valence-electron chi connectivity index (χ4n) is 3.32. The quantitative estimate of drug-likeness (QED) is 0.583. The molecule has 22 heavy (non-hydrogen) atoms. The second-order valence-corrected chi connectivity index (χ2v) is 10.9. The Hall–Kier alpha value is -2.06. The van der Waals surface area contributed by atoms with E-state index in [4.69, 9.17) is 4.74 Å². The maximum absolute atomic E-state index is 5.91. The van der Waals surface area contributed by atoms with Gasteiger partial charge in [-0.2, -0.15) is 0 Å². The molecule has 0 saturated heterocycles. The molecule has 0 spiro atoms. The Bertz CT molecular complexity index is 715. The molecule has 1 atom stereocenters. The van der Waals surface area contributed by atoms with E-state index in [-0.39, 0.29) is 0 Å². The maximum Gasteiger partial charge on any atom is 0.119 e. The Morgan fingerprint density at radius 1 is 1.09 bits per heavy atom. The lowest BCUT2D eigenvalue weighted by molar-refractivity contribution is 0.366. The van der Waals surface area contributed by atoms with Gasteiger partial charge in [-0.25, -0.2) is 0 Å². The molecule has 0 heterocycles. The molecule has 1 nitrogen and oxygen atoms in total. The summed E-state index contributed by atoms with van der Waals surface area (Å²) >= 11 is 0. The molecule has 2 aromatic carbocycles. The van der Waals surface area contributed by atoms with E-state index in [1.165, 1.54) is 16.3 Å². The van der Waals surface area contributed by atoms with Gasteiger partial charge in [-0.15, -0.1) is 0 Å². The molecule has 0 amide bonds. The van der Waals surface area contributed by atoms with Crippen molar-refractivity contribution in [1.29, 1.82) is 0 Å². The number of fused-ring (bicyclic) bond motifs is 1. The number of rotatable bonds is 5. The lowest BCUT2D eigenvalue weighted by Gasteiger charge is -2.31. The molecule has 0 fully saturated rings. The lowest BCUT2D eigenvalue weighted by atomic mass is 10.1. The summed E-state index contributed by atoms with van der Waals surface area (Å²) in [6.45, 7) is 9.17. The van der Waals surface area contributed by atoms with Crippen molar-refractivity contribution in [2.45, 2.75) is 18.6 Å². The van der Waals surface area contributed by atoms with Crippen LogP contribution in [0.2, 0.25) is 13.1 Å². The molecule has 112 valence electrons. The number of hydrogen-bond donors (Lipinski definition) is 0. The largest absolute Gasteiger partial charge is 0.490 e. The Balaban J connectivity index is 2.01. The summed E-state index contributed by atoms with van der Waals surface area (Å²) in [6.07, 6.45) is 6.44. The van der Waals surface area contributed by atoms with Gasteiger partial charge in [0.1, 0.15) is 12.4 Å². The minimum absolute atomic E-state index is 0.497. The van der Waals surface area contributed by atoms with Gasteiger partial charge in [-0.1, -0.05) is 80.4 Å². The van der Waals surface area contributed by atoms with Gasteiger partial charge >= 0.3 is 0 Å². The van der Waals surface area contributed by atoms with Crippen LogP contribution in [0.15, 0.2) is 67.3 Å². The van der Waals surface area contributed by atoms with Crippen molar-refractivity contribution < 1.29 is 4.74 Å². The smallest absolute Gasteiger partial charge is 0.119 e. The van der Waals surface area contributed by atoms with Gasteiger partial charge in [0.25, 0.3) is 0 Å². The molecule has 0 aromatic heterocycles. The Kier molecular flexibility index (Phi) is 4.03. The van der Waals surface area contributed by atoms with Crippen molar-refractivity contribution in [2.75, 3.05) is 6.61 Å². The minimum atomic E-state index is -1.74. The van der Waals surface area contributed by atoms with E-state index >= 15 is 0 Å². The normalized spacial score (nSPS) is 16.4. The SMILES string of the molecule is C=CCOc1ccccc1[Si](C)(C)C1C=Cc2ccccc21. The average molecular weight is 306 g/mol. The van der Waals surface area contributed by atoms with Gasteiger partial charge in [0.2, 0.25) is 0 Å². The van der Waals surface area contributed by atoms with Gasteiger partial charge in [-0.05, 0) is 22.4 Å². The van der Waals surface area contributed by atoms with Gasteiger partial charge in [0.15, 0.2) is 0 Å². The maximum atomic E-state index is 5.91. The Labute approximate surface area is 134 Å². The molecule has 1 aliphatic rings. The number of ether oxygens (including phenoxy) is 1. The molecule has 1 aliphatic carbocycles. The first-order chi connectivity index (χ1) is 10.6. The third kappa shape index (κ3) is 2.55. The second kappa shape index (κ2) is 5.97. The Morgan fingerprint density at radius 2 is 1.82 bits per heavy atom. The number of hydrogen-bond acceptors (Lipinski definition) is 1. The molecule has 0 saturated carbocycles. The zero-order chi connectivity index (χ0) is 15.6. The summed E-state index contributed by atoms with van der Waals surface area (Å²) in [4.78, 5) is 0. The molecule has 0 radical (unpaired) electrons. The van der Waals surface area contributed by atoms with Crippen LogP contribution in [0.1, 0.15) is 16.7 Å². The van der Waals surface area contributed by atoms with Crippen molar-refractivity contribution in [3.05, 3.63) is 78.4 Å². The monoisotopic (exact) mass is 306 g/mol. The summed E-state index contributed by atoms with van der Waals surface area (Å²) in [7, 11) is -1.74. The molecule has 0 bridgehead atoms. The van der Waals surface area contributed by atoms with E-state index < -0.39 is 8.07 Å². The van der Waals surface area contributed by atoms with Gasteiger partial charge in [0, 0.05) is 5.54 Å². The number of benzene rings is 2. The van der Waals surface area contributed by atoms with E-state index in [0.717, 1.165) is 5.75 Å². The topological polar surface area (TPSA) is 9.23 Å². The highest BCUT2D eigenvalue weighted by Gasteiger charge is 2.37. The first kappa shape index (κ1) is 14.9. The summed E-state index contributed by atoms with van der Waals surface area (Å²) in [5, 5.41) is 1.38. The molecule has 3 rings (SSSR count). The predicted octanol–water partition coefficient (Wildman–Crippen LogP) is 4.52. The molecule has 0 aliphatic heterocycles. The first-order valence-electron chi connectivity index (χ1n) is 7.75. The van der Waals surface area contributed by atoms with Crippen molar-refractivity contribution in [3.8, 4) is 5.75 Å². The summed E-state index contributed by atoms with van der Waals surface area (Å²) in [5.74, 6) is 1.01. The summed E-state index contributed by atoms with van der Waals surface area (Å²) in [5.41, 5.74) is 3.31. The summed E-state index contributed by atoms with van der Waals surface area (Å²) in [6, 6.07) is 17.2. The summed E-state index contributed by atoms with van der Waals surface area (Å²) < 4.78 is 5.91. The highest BCUT2D eigenvalue weighted by atomic mass is 28.3. The van der Waals surface area contributed by atoms with E-state index in [0.29, 0.717) is 12.1 Å². The molecule has 2 heteroatoms. The standard InChI is InChI=1S/C20H22OSi/c1-4-15-21-18-11-7-8-12-20(18)22(2,3)19-14-13-16-9-5-6-10-17(16)19/h4-14,19H,1,15H2,2-3H3. The molecule has 2 aromatic rings. The number of allylic oxidation sites excluding steroid dienone is 1. The van der Waals surface area contributed by atoms with Crippen molar-refractivity contribution in [1.82, 2.24) is 0 Å². The zero-order valence-electron chi connectivity index (χ0n) is 13.3. The fraction of sp³-hybridized carbons (Fsp3) is 0.200. The van der Waals surface area contributed by atoms with Crippen LogP contribution in [-0.4, -0.2) is 14.7 Å². The zero-order valence-corrected chi connectivity index (χ0v) is 14.3. The van der Waals surface area contributed by atoms with Crippen LogP contribution in [-0.2, 0) is 0 Å². The first-order valence-corrected chi connectivity index (χ1v) is 10.8. The third-order valence-electron chi connectivity index (χ3n) is 4.51. The van der Waals surface area contributed by atoms with Crippen molar-refractivity contribution in [3.63, 3.8) is 0 Å². The van der Waals surface area contributed by atoms with Crippen molar-refractivity contribution in [2.24, 2.45) is 0 Å². The van der Waals surface area contributed by atoms with E-state index in [1.807, 2.05) is 6.07 Å². The van der Waals surface area contributed by atoms with E-state index in [2.05, 4.69) is 74.3 Å². The van der Waals surface area contributed by atoms with Crippen LogP contribution < -0.4 is 9.92 Å². The van der Waals surface area contributed by atoms with Gasteiger partial charge in [0.05, 0.1) is 8.07 Å². The van der Waals surface area contributed by atoms with Crippen LogP contribution in [0.25, 0.3) is 6.08 Å². The van der Waals surface area contributed by atoms with E-state index in [9.17, 15) is 0 Å². The number of para-hydroxylation sites is 1. The average Bonchev–Trinajstić information content (AvgIpc) is 2.98. The van der Waals surface area contributed by atoms with Crippen molar-refractivity contribution >= 4 is 19.3 Å². The minimum Gasteiger partial charge on any atom is -0.490 e. The van der Waals surface area contributed by atoms with Crippen LogP contribution >= 0.6 is 0 Å². The lowest BCUT2D eigenvalue weighted by Crippen LogP contribution is -2.47. The second-order valence-electron chi connectivity index (χ2n) is 6.28. The molecule has 0 N–H and O–H groups in total. The van der Waals surface area contributed by atoms with Crippen LogP contribution in [0.4, 0.5) is 0 Å². The highest BCUT2D eigenvalue weighted by molar-refractivity contribution is 6.92.